The SMILES string of the molecule is O=C(c1cc([N+](=O)[O-])c[nH]1)N1CCC[C@@H]2CCCC[C@H]21. The van der Waals surface area contributed by atoms with Crippen molar-refractivity contribution in [1.82, 2.24) is 9.88 Å². The molecule has 1 aromatic rings. The van der Waals surface area contributed by atoms with E-state index in [1.807, 2.05) is 4.90 Å². The van der Waals surface area contributed by atoms with Gasteiger partial charge in [0.25, 0.3) is 11.6 Å². The minimum Gasteiger partial charge on any atom is -0.351 e. The highest BCUT2D eigenvalue weighted by Crippen LogP contribution is 2.36. The van der Waals surface area contributed by atoms with E-state index in [1.54, 1.807) is 0 Å². The van der Waals surface area contributed by atoms with Crippen molar-refractivity contribution in [2.45, 2.75) is 44.6 Å². The van der Waals surface area contributed by atoms with Crippen molar-refractivity contribution < 1.29 is 9.72 Å². The first kappa shape index (κ1) is 13.1. The maximum atomic E-state index is 12.6. The fourth-order valence-corrected chi connectivity index (χ4v) is 3.64. The van der Waals surface area contributed by atoms with E-state index < -0.39 is 4.92 Å². The monoisotopic (exact) mass is 277 g/mol. The lowest BCUT2D eigenvalue weighted by Gasteiger charge is -2.44. The Labute approximate surface area is 117 Å². The molecule has 0 radical (unpaired) electrons. The van der Waals surface area contributed by atoms with Gasteiger partial charge in [-0.05, 0) is 31.6 Å². The van der Waals surface area contributed by atoms with Gasteiger partial charge in [0.1, 0.15) is 5.69 Å². The lowest BCUT2D eigenvalue weighted by atomic mass is 9.78. The van der Waals surface area contributed by atoms with E-state index in [0.717, 1.165) is 19.4 Å². The van der Waals surface area contributed by atoms with Crippen molar-refractivity contribution in [2.24, 2.45) is 5.92 Å². The zero-order valence-electron chi connectivity index (χ0n) is 11.4. The van der Waals surface area contributed by atoms with Gasteiger partial charge < -0.3 is 9.88 Å². The van der Waals surface area contributed by atoms with Gasteiger partial charge in [0, 0.05) is 18.7 Å². The number of carbonyl (C=O) groups excluding carboxylic acids is 1. The average Bonchev–Trinajstić information content (AvgIpc) is 2.96. The smallest absolute Gasteiger partial charge is 0.287 e. The second-order valence-electron chi connectivity index (χ2n) is 5.78. The number of hydrogen-bond acceptors (Lipinski definition) is 3. The number of likely N-dealkylation sites (tertiary alicyclic amines) is 1. The predicted molar refractivity (Wildman–Crippen MR) is 73.5 cm³/mol. The third kappa shape index (κ3) is 2.30. The first-order valence-corrected chi connectivity index (χ1v) is 7.30. The second-order valence-corrected chi connectivity index (χ2v) is 5.78. The molecule has 1 N–H and O–H groups in total. The zero-order valence-corrected chi connectivity index (χ0v) is 11.4. The van der Waals surface area contributed by atoms with Crippen LogP contribution in [0, 0.1) is 16.0 Å². The van der Waals surface area contributed by atoms with Crippen molar-refractivity contribution in [1.29, 1.82) is 0 Å². The Hall–Kier alpha value is -1.85. The highest BCUT2D eigenvalue weighted by Gasteiger charge is 2.36. The van der Waals surface area contributed by atoms with Crippen LogP contribution in [-0.4, -0.2) is 33.3 Å². The first-order valence-electron chi connectivity index (χ1n) is 7.30. The topological polar surface area (TPSA) is 79.2 Å². The lowest BCUT2D eigenvalue weighted by molar-refractivity contribution is -0.384. The molecule has 6 nitrogen and oxygen atoms in total. The Balaban J connectivity index is 1.79. The minimum atomic E-state index is -0.479. The molecule has 3 rings (SSSR count). The molecule has 0 bridgehead atoms. The van der Waals surface area contributed by atoms with Crippen LogP contribution in [0.4, 0.5) is 5.69 Å². The molecular formula is C14H19N3O3. The van der Waals surface area contributed by atoms with Crippen LogP contribution in [-0.2, 0) is 0 Å². The van der Waals surface area contributed by atoms with Gasteiger partial charge in [0.2, 0.25) is 0 Å². The lowest BCUT2D eigenvalue weighted by Crippen LogP contribution is -2.49. The Bertz CT molecular complexity index is 523. The summed E-state index contributed by atoms with van der Waals surface area (Å²) < 4.78 is 0. The summed E-state index contributed by atoms with van der Waals surface area (Å²) in [5.41, 5.74) is 0.286. The predicted octanol–water partition coefficient (Wildman–Crippen LogP) is 2.72. The highest BCUT2D eigenvalue weighted by molar-refractivity contribution is 5.93. The van der Waals surface area contributed by atoms with Crippen LogP contribution in [0.15, 0.2) is 12.3 Å². The number of carbonyl (C=O) groups is 1. The molecule has 1 aromatic heterocycles. The summed E-state index contributed by atoms with van der Waals surface area (Å²) >= 11 is 0. The van der Waals surface area contributed by atoms with Crippen LogP contribution < -0.4 is 0 Å². The molecule has 20 heavy (non-hydrogen) atoms. The molecule has 1 aliphatic carbocycles. The maximum absolute atomic E-state index is 12.6. The molecule has 2 atom stereocenters. The van der Waals surface area contributed by atoms with E-state index in [4.69, 9.17) is 0 Å². The molecule has 0 spiro atoms. The van der Waals surface area contributed by atoms with Crippen LogP contribution in [0.25, 0.3) is 0 Å². The Kier molecular flexibility index (Phi) is 3.46. The summed E-state index contributed by atoms with van der Waals surface area (Å²) in [6.45, 7) is 0.771. The van der Waals surface area contributed by atoms with Crippen molar-refractivity contribution >= 4 is 11.6 Å². The second kappa shape index (κ2) is 5.26. The van der Waals surface area contributed by atoms with Crippen molar-refractivity contribution in [2.75, 3.05) is 6.54 Å². The molecule has 6 heteroatoms. The molecule has 0 unspecified atom stereocenters. The molecule has 1 amide bonds. The van der Waals surface area contributed by atoms with E-state index in [9.17, 15) is 14.9 Å². The first-order chi connectivity index (χ1) is 9.66. The van der Waals surface area contributed by atoms with Gasteiger partial charge in [-0.15, -0.1) is 0 Å². The van der Waals surface area contributed by atoms with Crippen molar-refractivity contribution in [3.63, 3.8) is 0 Å². The van der Waals surface area contributed by atoms with Gasteiger partial charge in [-0.1, -0.05) is 12.8 Å². The van der Waals surface area contributed by atoms with E-state index in [-0.39, 0.29) is 11.6 Å². The van der Waals surface area contributed by atoms with Gasteiger partial charge in [-0.25, -0.2) is 0 Å². The Morgan fingerprint density at radius 1 is 1.30 bits per heavy atom. The number of nitrogens with zero attached hydrogens (tertiary/aromatic N) is 2. The number of fused-ring (bicyclic) bond motifs is 1. The number of rotatable bonds is 2. The summed E-state index contributed by atoms with van der Waals surface area (Å²) in [4.78, 5) is 27.5. The number of H-pyrrole nitrogens is 1. The van der Waals surface area contributed by atoms with Crippen LogP contribution in [0.1, 0.15) is 49.0 Å². The van der Waals surface area contributed by atoms with Crippen LogP contribution in [0.2, 0.25) is 0 Å². The average molecular weight is 277 g/mol. The van der Waals surface area contributed by atoms with Gasteiger partial charge in [-0.3, -0.25) is 14.9 Å². The molecule has 2 heterocycles. The molecule has 1 saturated heterocycles. The van der Waals surface area contributed by atoms with Crippen molar-refractivity contribution in [3.05, 3.63) is 28.1 Å². The number of hydrogen-bond donors (Lipinski definition) is 1. The molecule has 2 fully saturated rings. The van der Waals surface area contributed by atoms with Gasteiger partial charge >= 0.3 is 0 Å². The van der Waals surface area contributed by atoms with E-state index >= 15 is 0 Å². The highest BCUT2D eigenvalue weighted by atomic mass is 16.6. The number of nitrogens with one attached hydrogen (secondary N) is 1. The number of amides is 1. The number of aromatic nitrogens is 1. The van der Waals surface area contributed by atoms with Crippen molar-refractivity contribution in [3.8, 4) is 0 Å². The van der Waals surface area contributed by atoms with Crippen LogP contribution in [0.3, 0.4) is 0 Å². The van der Waals surface area contributed by atoms with E-state index in [2.05, 4.69) is 4.98 Å². The third-order valence-corrected chi connectivity index (χ3v) is 4.61. The Morgan fingerprint density at radius 2 is 2.05 bits per heavy atom. The summed E-state index contributed by atoms with van der Waals surface area (Å²) in [5, 5.41) is 10.7. The minimum absolute atomic E-state index is 0.0504. The van der Waals surface area contributed by atoms with E-state index in [0.29, 0.717) is 17.7 Å². The quantitative estimate of drug-likeness (QED) is 0.666. The third-order valence-electron chi connectivity index (χ3n) is 4.61. The molecule has 1 saturated carbocycles. The maximum Gasteiger partial charge on any atom is 0.287 e. The summed E-state index contributed by atoms with van der Waals surface area (Å²) in [6, 6.07) is 1.67. The summed E-state index contributed by atoms with van der Waals surface area (Å²) in [7, 11) is 0. The fourth-order valence-electron chi connectivity index (χ4n) is 3.64. The van der Waals surface area contributed by atoms with Gasteiger partial charge in [-0.2, -0.15) is 0 Å². The molecule has 108 valence electrons. The van der Waals surface area contributed by atoms with Gasteiger partial charge in [0.05, 0.1) is 11.1 Å². The van der Waals surface area contributed by atoms with E-state index in [1.165, 1.54) is 37.9 Å². The van der Waals surface area contributed by atoms with Crippen LogP contribution >= 0.6 is 0 Å². The number of piperidine rings is 1. The summed E-state index contributed by atoms with van der Waals surface area (Å²) in [5.74, 6) is 0.529. The number of aromatic amines is 1. The molecule has 0 aromatic carbocycles. The van der Waals surface area contributed by atoms with Gasteiger partial charge in [0.15, 0.2) is 0 Å². The zero-order chi connectivity index (χ0) is 14.1. The standard InChI is InChI=1S/C14H19N3O3/c18-14(12-8-11(9-15-12)17(19)20)16-7-3-5-10-4-1-2-6-13(10)16/h8-10,13,15H,1-7H2/t10-,13+/m0/s1. The Morgan fingerprint density at radius 3 is 2.80 bits per heavy atom. The molecular weight excluding hydrogens is 258 g/mol. The summed E-state index contributed by atoms with van der Waals surface area (Å²) in [6.07, 6.45) is 8.25. The fraction of sp³-hybridized carbons (Fsp3) is 0.643. The van der Waals surface area contributed by atoms with Crippen LogP contribution in [0.5, 0.6) is 0 Å². The number of nitro groups is 1. The molecule has 2 aliphatic rings. The largest absolute Gasteiger partial charge is 0.351 e. The normalized spacial score (nSPS) is 26.1. The molecule has 1 aliphatic heterocycles.